The molecule has 1 N–H and O–H groups in total. The molecule has 5 rings (SSSR count). The van der Waals surface area contributed by atoms with E-state index in [2.05, 4.69) is 83.8 Å². The van der Waals surface area contributed by atoms with Crippen molar-refractivity contribution in [3.05, 3.63) is 107 Å². The number of hydrogen-bond acceptors (Lipinski definition) is 3. The highest BCUT2D eigenvalue weighted by molar-refractivity contribution is 7.80. The van der Waals surface area contributed by atoms with Gasteiger partial charge in [-0.3, -0.25) is 4.98 Å². The van der Waals surface area contributed by atoms with Gasteiger partial charge in [-0.1, -0.05) is 17.7 Å². The van der Waals surface area contributed by atoms with Crippen molar-refractivity contribution in [3.63, 3.8) is 0 Å². The van der Waals surface area contributed by atoms with Gasteiger partial charge in [0.15, 0.2) is 5.11 Å². The van der Waals surface area contributed by atoms with Crippen molar-refractivity contribution in [1.82, 2.24) is 14.9 Å². The Hall–Kier alpha value is -3.35. The van der Waals surface area contributed by atoms with Crippen molar-refractivity contribution in [2.45, 2.75) is 39.8 Å². The molecule has 5 nitrogen and oxygen atoms in total. The number of aryl methyl sites for hydroxylation is 1. The van der Waals surface area contributed by atoms with Crippen LogP contribution < -0.4 is 15.1 Å². The third kappa shape index (κ3) is 4.72. The largest absolute Gasteiger partial charge is 0.372 e. The molecule has 37 heavy (non-hydrogen) atoms. The van der Waals surface area contributed by atoms with E-state index < -0.39 is 0 Å². The topological polar surface area (TPSA) is 36.3 Å². The minimum Gasteiger partial charge on any atom is -0.372 e. The molecule has 4 aromatic rings. The average molecular weight is 530 g/mol. The molecule has 0 aliphatic carbocycles. The number of nitrogens with one attached hydrogen (secondary N) is 1. The second-order valence-corrected chi connectivity index (χ2v) is 10.1. The van der Waals surface area contributed by atoms with Gasteiger partial charge in [0, 0.05) is 52.8 Å². The van der Waals surface area contributed by atoms with Crippen LogP contribution in [0.4, 0.5) is 11.4 Å². The maximum atomic E-state index is 6.22. The lowest BCUT2D eigenvalue weighted by Crippen LogP contribution is -2.29. The van der Waals surface area contributed by atoms with Crippen LogP contribution in [0, 0.1) is 13.8 Å². The Morgan fingerprint density at radius 1 is 0.946 bits per heavy atom. The van der Waals surface area contributed by atoms with Gasteiger partial charge in [-0.15, -0.1) is 0 Å². The van der Waals surface area contributed by atoms with E-state index in [-0.39, 0.29) is 12.1 Å². The van der Waals surface area contributed by atoms with E-state index in [0.29, 0.717) is 10.1 Å². The first-order valence-electron chi connectivity index (χ1n) is 12.7. The number of hydrogen-bond donors (Lipinski definition) is 1. The van der Waals surface area contributed by atoms with Crippen molar-refractivity contribution >= 4 is 40.3 Å². The SMILES string of the molecule is CCN(CC)c1ccc(-n2c(C)cc([C@H]3[C@H](c4ccccn4)NC(=S)N3c3ccc(Cl)cc3)c2C)cc1. The first-order valence-corrected chi connectivity index (χ1v) is 13.5. The van der Waals surface area contributed by atoms with Crippen LogP contribution in [0.15, 0.2) is 79.0 Å². The van der Waals surface area contributed by atoms with Gasteiger partial charge in [-0.25, -0.2) is 0 Å². The highest BCUT2D eigenvalue weighted by atomic mass is 35.5. The zero-order valence-corrected chi connectivity index (χ0v) is 23.2. The van der Waals surface area contributed by atoms with Gasteiger partial charge in [0.1, 0.15) is 0 Å². The number of aromatic nitrogens is 2. The summed E-state index contributed by atoms with van der Waals surface area (Å²) in [6.07, 6.45) is 1.84. The number of rotatable bonds is 7. The summed E-state index contributed by atoms with van der Waals surface area (Å²) in [4.78, 5) is 9.24. The number of pyridine rings is 1. The third-order valence-corrected chi connectivity index (χ3v) is 7.79. The summed E-state index contributed by atoms with van der Waals surface area (Å²) < 4.78 is 2.33. The monoisotopic (exact) mass is 529 g/mol. The van der Waals surface area contributed by atoms with Crippen LogP contribution in [0.3, 0.4) is 0 Å². The maximum Gasteiger partial charge on any atom is 0.174 e. The molecule has 0 unspecified atom stereocenters. The lowest BCUT2D eigenvalue weighted by molar-refractivity contribution is 0.565. The van der Waals surface area contributed by atoms with E-state index in [1.165, 1.54) is 22.6 Å². The van der Waals surface area contributed by atoms with Gasteiger partial charge in [0.2, 0.25) is 0 Å². The smallest absolute Gasteiger partial charge is 0.174 e. The average Bonchev–Trinajstić information content (AvgIpc) is 3.41. The lowest BCUT2D eigenvalue weighted by Gasteiger charge is -2.28. The Morgan fingerprint density at radius 2 is 1.62 bits per heavy atom. The molecule has 0 radical (unpaired) electrons. The molecular formula is C30H32ClN5S. The van der Waals surface area contributed by atoms with Crippen molar-refractivity contribution in [2.24, 2.45) is 0 Å². The Labute approximate surface area is 229 Å². The Kier molecular flexibility index (Phi) is 7.22. The van der Waals surface area contributed by atoms with E-state index in [1.54, 1.807) is 0 Å². The summed E-state index contributed by atoms with van der Waals surface area (Å²) in [6.45, 7) is 10.7. The summed E-state index contributed by atoms with van der Waals surface area (Å²) in [5.74, 6) is 0. The van der Waals surface area contributed by atoms with E-state index in [9.17, 15) is 0 Å². The van der Waals surface area contributed by atoms with Crippen LogP contribution in [0.5, 0.6) is 0 Å². The Balaban J connectivity index is 1.61. The molecule has 190 valence electrons. The molecule has 0 amide bonds. The van der Waals surface area contributed by atoms with Crippen molar-refractivity contribution in [2.75, 3.05) is 22.9 Å². The van der Waals surface area contributed by atoms with Crippen molar-refractivity contribution in [1.29, 1.82) is 0 Å². The molecule has 7 heteroatoms. The maximum absolute atomic E-state index is 6.22. The Morgan fingerprint density at radius 3 is 2.24 bits per heavy atom. The quantitative estimate of drug-likeness (QED) is 0.257. The molecule has 2 aromatic heterocycles. The summed E-state index contributed by atoms with van der Waals surface area (Å²) in [5, 5.41) is 4.93. The fourth-order valence-corrected chi connectivity index (χ4v) is 5.91. The first kappa shape index (κ1) is 25.3. The fraction of sp³-hybridized carbons (Fsp3) is 0.267. The van der Waals surface area contributed by atoms with Gasteiger partial charge >= 0.3 is 0 Å². The third-order valence-electron chi connectivity index (χ3n) is 7.23. The second-order valence-electron chi connectivity index (χ2n) is 9.32. The molecule has 3 heterocycles. The molecule has 1 saturated heterocycles. The summed E-state index contributed by atoms with van der Waals surface area (Å²) in [5.41, 5.74) is 7.92. The highest BCUT2D eigenvalue weighted by Gasteiger charge is 2.42. The van der Waals surface area contributed by atoms with E-state index >= 15 is 0 Å². The zero-order chi connectivity index (χ0) is 26.1. The normalized spacial score (nSPS) is 17.2. The fourth-order valence-electron chi connectivity index (χ4n) is 5.44. The van der Waals surface area contributed by atoms with Gasteiger partial charge in [-0.05, 0) is 112 Å². The van der Waals surface area contributed by atoms with Crippen molar-refractivity contribution < 1.29 is 0 Å². The van der Waals surface area contributed by atoms with E-state index in [4.69, 9.17) is 28.8 Å². The number of nitrogens with zero attached hydrogens (tertiary/aromatic N) is 4. The van der Waals surface area contributed by atoms with Crippen LogP contribution in [0.1, 0.15) is 48.6 Å². The molecule has 0 saturated carbocycles. The number of anilines is 2. The summed E-state index contributed by atoms with van der Waals surface area (Å²) in [6, 6.07) is 24.9. The van der Waals surface area contributed by atoms with Crippen LogP contribution in [-0.2, 0) is 0 Å². The summed E-state index contributed by atoms with van der Waals surface area (Å²) in [7, 11) is 0. The van der Waals surface area contributed by atoms with E-state index in [0.717, 1.165) is 30.2 Å². The number of halogens is 1. The van der Waals surface area contributed by atoms with Crippen molar-refractivity contribution in [3.8, 4) is 5.69 Å². The van der Waals surface area contributed by atoms with Gasteiger partial charge in [0.05, 0.1) is 17.8 Å². The molecule has 1 aliphatic heterocycles. The lowest BCUT2D eigenvalue weighted by atomic mass is 9.96. The first-order chi connectivity index (χ1) is 17.9. The number of benzene rings is 2. The molecule has 0 bridgehead atoms. The number of thiocarbonyl (C=S) groups is 1. The summed E-state index contributed by atoms with van der Waals surface area (Å²) >= 11 is 12.1. The molecule has 1 aliphatic rings. The molecule has 1 fully saturated rings. The standard InChI is InChI=1S/C30H32ClN5S/c1-5-34(6-2)23-14-16-24(17-15-23)35-20(3)19-26(21(35)4)29-28(27-9-7-8-18-32-27)33-30(37)36(29)25-12-10-22(31)11-13-25/h7-19,28-29H,5-6H2,1-4H3,(H,33,37)/t28-,29-/m0/s1. The second kappa shape index (κ2) is 10.6. The minimum absolute atomic E-state index is 0.0709. The van der Waals surface area contributed by atoms with Gasteiger partial charge < -0.3 is 19.7 Å². The van der Waals surface area contributed by atoms with E-state index in [1.807, 2.05) is 42.6 Å². The van der Waals surface area contributed by atoms with Crippen LogP contribution in [0.2, 0.25) is 5.02 Å². The van der Waals surface area contributed by atoms with Gasteiger partial charge in [-0.2, -0.15) is 0 Å². The highest BCUT2D eigenvalue weighted by Crippen LogP contribution is 2.44. The molecule has 2 atom stereocenters. The Bertz CT molecular complexity index is 1380. The van der Waals surface area contributed by atoms with Crippen LogP contribution >= 0.6 is 23.8 Å². The molecular weight excluding hydrogens is 498 g/mol. The van der Waals surface area contributed by atoms with Crippen LogP contribution in [0.25, 0.3) is 5.69 Å². The predicted octanol–water partition coefficient (Wildman–Crippen LogP) is 7.17. The van der Waals surface area contributed by atoms with Crippen LogP contribution in [-0.4, -0.2) is 27.8 Å². The predicted molar refractivity (Wildman–Crippen MR) is 158 cm³/mol. The molecule has 2 aromatic carbocycles. The van der Waals surface area contributed by atoms with Gasteiger partial charge in [0.25, 0.3) is 0 Å². The molecule has 0 spiro atoms. The zero-order valence-electron chi connectivity index (χ0n) is 21.6. The minimum atomic E-state index is -0.0941.